The summed E-state index contributed by atoms with van der Waals surface area (Å²) < 4.78 is 0. The van der Waals surface area contributed by atoms with Gasteiger partial charge in [-0.2, -0.15) is 0 Å². The second-order valence-corrected chi connectivity index (χ2v) is 4.65. The first-order valence-electron chi connectivity index (χ1n) is 5.82. The van der Waals surface area contributed by atoms with Crippen molar-refractivity contribution in [3.63, 3.8) is 0 Å². The van der Waals surface area contributed by atoms with E-state index >= 15 is 0 Å². The molecule has 0 aliphatic carbocycles. The number of pyridine rings is 1. The zero-order chi connectivity index (χ0) is 13.5. The highest BCUT2D eigenvalue weighted by atomic mass is 35.5. The Kier molecular flexibility index (Phi) is 6.49. The highest BCUT2D eigenvalue weighted by Crippen LogP contribution is 2.31. The summed E-state index contributed by atoms with van der Waals surface area (Å²) in [6, 6.07) is 1.59. The SMILES string of the molecule is CCCCN(CCO)c1nc(NN)c(Cl)cc1Cl. The second kappa shape index (κ2) is 7.63. The summed E-state index contributed by atoms with van der Waals surface area (Å²) in [5.41, 5.74) is 2.43. The molecule has 0 aliphatic heterocycles. The van der Waals surface area contributed by atoms with Gasteiger partial charge in [-0.3, -0.25) is 0 Å². The number of nitrogens with two attached hydrogens (primary N) is 1. The van der Waals surface area contributed by atoms with E-state index in [0.29, 0.717) is 28.2 Å². The van der Waals surface area contributed by atoms with E-state index in [-0.39, 0.29) is 6.61 Å². The lowest BCUT2D eigenvalue weighted by Gasteiger charge is -2.24. The molecule has 0 aliphatic rings. The first-order valence-corrected chi connectivity index (χ1v) is 6.58. The summed E-state index contributed by atoms with van der Waals surface area (Å²) in [6.45, 7) is 3.38. The van der Waals surface area contributed by atoms with E-state index in [9.17, 15) is 0 Å². The standard InChI is InChI=1S/C11H18Cl2N4O/c1-2-3-4-17(5-6-18)11-9(13)7-8(12)10(15-11)16-14/h7,18H,2-6,14H2,1H3,(H,15,16). The summed E-state index contributed by atoms with van der Waals surface area (Å²) in [7, 11) is 0. The quantitative estimate of drug-likeness (QED) is 0.531. The molecule has 5 nitrogen and oxygen atoms in total. The van der Waals surface area contributed by atoms with Crippen LogP contribution >= 0.6 is 23.2 Å². The molecule has 0 atom stereocenters. The number of halogens is 2. The minimum Gasteiger partial charge on any atom is -0.395 e. The normalized spacial score (nSPS) is 10.5. The van der Waals surface area contributed by atoms with Crippen LogP contribution in [0.1, 0.15) is 19.8 Å². The number of nitrogen functional groups attached to an aromatic ring is 1. The molecule has 0 unspecified atom stereocenters. The Labute approximate surface area is 117 Å². The van der Waals surface area contributed by atoms with E-state index < -0.39 is 0 Å². The van der Waals surface area contributed by atoms with Crippen molar-refractivity contribution in [2.24, 2.45) is 5.84 Å². The number of aliphatic hydroxyl groups is 1. The molecular formula is C11H18Cl2N4O. The Bertz CT molecular complexity index is 390. The maximum Gasteiger partial charge on any atom is 0.161 e. The Balaban J connectivity index is 3.02. The van der Waals surface area contributed by atoms with Crippen molar-refractivity contribution in [1.82, 2.24) is 4.98 Å². The van der Waals surface area contributed by atoms with Crippen LogP contribution in [0.25, 0.3) is 0 Å². The van der Waals surface area contributed by atoms with Gasteiger partial charge in [0, 0.05) is 13.1 Å². The molecule has 0 saturated heterocycles. The minimum atomic E-state index is 0.0374. The summed E-state index contributed by atoms with van der Waals surface area (Å²) in [5, 5.41) is 9.90. The number of nitrogens with one attached hydrogen (secondary N) is 1. The molecule has 18 heavy (non-hydrogen) atoms. The van der Waals surface area contributed by atoms with Gasteiger partial charge >= 0.3 is 0 Å². The predicted octanol–water partition coefficient (Wildman–Crippen LogP) is 2.27. The molecule has 0 amide bonds. The zero-order valence-electron chi connectivity index (χ0n) is 10.3. The molecule has 0 spiro atoms. The molecular weight excluding hydrogens is 275 g/mol. The molecule has 0 bridgehead atoms. The predicted molar refractivity (Wildman–Crippen MR) is 76.3 cm³/mol. The molecule has 1 aromatic rings. The third kappa shape index (κ3) is 3.88. The summed E-state index contributed by atoms with van der Waals surface area (Å²) in [5.74, 6) is 6.29. The number of aliphatic hydroxyl groups excluding tert-OH is 1. The van der Waals surface area contributed by atoms with Gasteiger partial charge in [0.15, 0.2) is 5.82 Å². The zero-order valence-corrected chi connectivity index (χ0v) is 11.8. The highest BCUT2D eigenvalue weighted by Gasteiger charge is 2.14. The number of hydrazine groups is 1. The van der Waals surface area contributed by atoms with E-state index in [1.165, 1.54) is 0 Å². The molecule has 0 radical (unpaired) electrons. The van der Waals surface area contributed by atoms with Gasteiger partial charge in [0.1, 0.15) is 5.82 Å². The van der Waals surface area contributed by atoms with Gasteiger partial charge in [0.2, 0.25) is 0 Å². The van der Waals surface area contributed by atoms with Crippen LogP contribution in [-0.4, -0.2) is 29.8 Å². The molecule has 1 heterocycles. The van der Waals surface area contributed by atoms with Crippen molar-refractivity contribution in [3.05, 3.63) is 16.1 Å². The van der Waals surface area contributed by atoms with Crippen LogP contribution in [0.4, 0.5) is 11.6 Å². The smallest absolute Gasteiger partial charge is 0.161 e. The number of nitrogens with zero attached hydrogens (tertiary/aromatic N) is 2. The number of anilines is 2. The van der Waals surface area contributed by atoms with E-state index in [1.807, 2.05) is 4.90 Å². The first-order chi connectivity index (χ1) is 8.63. The number of aromatic nitrogens is 1. The van der Waals surface area contributed by atoms with Crippen molar-refractivity contribution in [1.29, 1.82) is 0 Å². The second-order valence-electron chi connectivity index (χ2n) is 3.83. The van der Waals surface area contributed by atoms with Crippen LogP contribution in [-0.2, 0) is 0 Å². The maximum absolute atomic E-state index is 9.09. The number of unbranched alkanes of at least 4 members (excludes halogenated alkanes) is 1. The first kappa shape index (κ1) is 15.3. The van der Waals surface area contributed by atoms with Crippen LogP contribution in [0.5, 0.6) is 0 Å². The third-order valence-electron chi connectivity index (χ3n) is 2.50. The Morgan fingerprint density at radius 2 is 2.11 bits per heavy atom. The molecule has 0 fully saturated rings. The maximum atomic E-state index is 9.09. The lowest BCUT2D eigenvalue weighted by Crippen LogP contribution is -2.29. The van der Waals surface area contributed by atoms with Crippen LogP contribution in [0.3, 0.4) is 0 Å². The molecule has 102 valence electrons. The number of hydrogen-bond donors (Lipinski definition) is 3. The Morgan fingerprint density at radius 3 is 2.67 bits per heavy atom. The van der Waals surface area contributed by atoms with Crippen LogP contribution in [0, 0.1) is 0 Å². The fourth-order valence-corrected chi connectivity index (χ4v) is 2.11. The molecule has 0 saturated carbocycles. The summed E-state index contributed by atoms with van der Waals surface area (Å²) in [4.78, 5) is 6.20. The monoisotopic (exact) mass is 292 g/mol. The van der Waals surface area contributed by atoms with E-state index in [0.717, 1.165) is 19.4 Å². The number of rotatable bonds is 7. The third-order valence-corrected chi connectivity index (χ3v) is 3.06. The van der Waals surface area contributed by atoms with Crippen molar-refractivity contribution in [2.45, 2.75) is 19.8 Å². The van der Waals surface area contributed by atoms with E-state index in [2.05, 4.69) is 17.3 Å². The lowest BCUT2D eigenvalue weighted by molar-refractivity contribution is 0.301. The largest absolute Gasteiger partial charge is 0.395 e. The fourth-order valence-electron chi connectivity index (χ4n) is 1.57. The molecule has 7 heteroatoms. The van der Waals surface area contributed by atoms with Gasteiger partial charge in [0.05, 0.1) is 16.7 Å². The molecule has 1 rings (SSSR count). The number of hydrogen-bond acceptors (Lipinski definition) is 5. The van der Waals surface area contributed by atoms with E-state index in [1.54, 1.807) is 6.07 Å². The van der Waals surface area contributed by atoms with E-state index in [4.69, 9.17) is 34.2 Å². The van der Waals surface area contributed by atoms with Gasteiger partial charge in [-0.25, -0.2) is 10.8 Å². The molecule has 4 N–H and O–H groups in total. The topological polar surface area (TPSA) is 74.4 Å². The molecule has 0 aromatic carbocycles. The Hall–Kier alpha value is -0.750. The summed E-state index contributed by atoms with van der Waals surface area (Å²) in [6.07, 6.45) is 2.04. The van der Waals surface area contributed by atoms with Crippen molar-refractivity contribution >= 4 is 34.8 Å². The van der Waals surface area contributed by atoms with Crippen LogP contribution < -0.4 is 16.2 Å². The minimum absolute atomic E-state index is 0.0374. The average Bonchev–Trinajstić information content (AvgIpc) is 2.35. The Morgan fingerprint density at radius 1 is 1.39 bits per heavy atom. The molecule has 1 aromatic heterocycles. The van der Waals surface area contributed by atoms with Gasteiger partial charge < -0.3 is 15.4 Å². The lowest BCUT2D eigenvalue weighted by atomic mass is 10.3. The highest BCUT2D eigenvalue weighted by molar-refractivity contribution is 6.37. The van der Waals surface area contributed by atoms with Crippen molar-refractivity contribution in [3.8, 4) is 0 Å². The van der Waals surface area contributed by atoms with Crippen LogP contribution in [0.2, 0.25) is 10.0 Å². The average molecular weight is 293 g/mol. The van der Waals surface area contributed by atoms with Gasteiger partial charge in [-0.1, -0.05) is 36.5 Å². The van der Waals surface area contributed by atoms with Crippen molar-refractivity contribution < 1.29 is 5.11 Å². The van der Waals surface area contributed by atoms with Gasteiger partial charge in [-0.05, 0) is 12.5 Å². The van der Waals surface area contributed by atoms with Crippen LogP contribution in [0.15, 0.2) is 6.07 Å². The van der Waals surface area contributed by atoms with Gasteiger partial charge in [0.25, 0.3) is 0 Å². The summed E-state index contributed by atoms with van der Waals surface area (Å²) >= 11 is 12.1. The van der Waals surface area contributed by atoms with Gasteiger partial charge in [-0.15, -0.1) is 0 Å². The van der Waals surface area contributed by atoms with Crippen molar-refractivity contribution in [2.75, 3.05) is 30.0 Å². The fraction of sp³-hybridized carbons (Fsp3) is 0.545.